The molecule has 0 spiro atoms. The van der Waals surface area contributed by atoms with Crippen molar-refractivity contribution < 1.29 is 22.0 Å². The standard InChI is InChI=1S/C34H49F5/c1-2-3-4-5-26-12-21-31(32(35)22-26)29-15-10-25(11-16-29)7-6-24-8-13-27(14-9-24)28-17-19-30(20-18-28)33(36)23-34(37,38)39/h12,21-25,27-30H,2-11,13-20H2,1H3/b33-23-. The molecule has 0 atom stereocenters. The van der Waals surface area contributed by atoms with E-state index in [4.69, 9.17) is 0 Å². The molecule has 1 aromatic rings. The Hall–Kier alpha value is -1.39. The van der Waals surface area contributed by atoms with Crippen molar-refractivity contribution in [3.05, 3.63) is 47.0 Å². The molecule has 39 heavy (non-hydrogen) atoms. The molecular weight excluding hydrogens is 503 g/mol. The van der Waals surface area contributed by atoms with Crippen LogP contribution in [0.25, 0.3) is 0 Å². The predicted octanol–water partition coefficient (Wildman–Crippen LogP) is 11.6. The van der Waals surface area contributed by atoms with Crippen molar-refractivity contribution in [2.45, 2.75) is 135 Å². The fraction of sp³-hybridized carbons (Fsp3) is 0.765. The Morgan fingerprint density at radius 2 is 1.36 bits per heavy atom. The lowest BCUT2D eigenvalue weighted by Crippen LogP contribution is -2.26. The largest absolute Gasteiger partial charge is 0.412 e. The van der Waals surface area contributed by atoms with E-state index in [1.54, 1.807) is 6.07 Å². The van der Waals surface area contributed by atoms with Crippen LogP contribution in [0.3, 0.4) is 0 Å². The van der Waals surface area contributed by atoms with E-state index in [1.807, 2.05) is 0 Å². The van der Waals surface area contributed by atoms with Gasteiger partial charge in [-0.25, -0.2) is 8.78 Å². The predicted molar refractivity (Wildman–Crippen MR) is 150 cm³/mol. The normalized spacial score (nSPS) is 30.9. The highest BCUT2D eigenvalue weighted by Gasteiger charge is 2.34. The summed E-state index contributed by atoms with van der Waals surface area (Å²) in [5, 5.41) is 0. The third-order valence-electron chi connectivity index (χ3n) is 10.4. The van der Waals surface area contributed by atoms with E-state index in [0.717, 1.165) is 61.5 Å². The number of unbranched alkanes of at least 4 members (excludes halogenated alkanes) is 2. The maximum atomic E-state index is 14.9. The van der Waals surface area contributed by atoms with Crippen LogP contribution >= 0.6 is 0 Å². The zero-order valence-corrected chi connectivity index (χ0v) is 23.9. The van der Waals surface area contributed by atoms with Crippen molar-refractivity contribution in [3.8, 4) is 0 Å². The molecule has 220 valence electrons. The van der Waals surface area contributed by atoms with Crippen molar-refractivity contribution in [3.63, 3.8) is 0 Å². The molecule has 1 aromatic carbocycles. The Kier molecular flexibility index (Phi) is 11.4. The molecule has 0 heterocycles. The van der Waals surface area contributed by atoms with Crippen LogP contribution in [-0.4, -0.2) is 6.18 Å². The summed E-state index contributed by atoms with van der Waals surface area (Å²) in [6.07, 6.45) is 14.8. The quantitative estimate of drug-likeness (QED) is 0.200. The molecule has 0 amide bonds. The van der Waals surface area contributed by atoms with Gasteiger partial charge in [-0.05, 0) is 124 Å². The first-order chi connectivity index (χ1) is 18.7. The van der Waals surface area contributed by atoms with E-state index >= 15 is 0 Å². The molecule has 3 aliphatic carbocycles. The number of benzene rings is 1. The molecule has 0 aliphatic heterocycles. The van der Waals surface area contributed by atoms with E-state index in [2.05, 4.69) is 19.1 Å². The van der Waals surface area contributed by atoms with Gasteiger partial charge < -0.3 is 0 Å². The van der Waals surface area contributed by atoms with Crippen LogP contribution in [0.2, 0.25) is 0 Å². The minimum Gasteiger partial charge on any atom is -0.212 e. The first kappa shape index (κ1) is 30.6. The third kappa shape index (κ3) is 9.32. The fourth-order valence-corrected chi connectivity index (χ4v) is 7.96. The summed E-state index contributed by atoms with van der Waals surface area (Å²) in [5.41, 5.74) is 2.06. The second-order valence-corrected chi connectivity index (χ2v) is 13.1. The highest BCUT2D eigenvalue weighted by molar-refractivity contribution is 5.28. The second-order valence-electron chi connectivity index (χ2n) is 13.1. The molecule has 0 N–H and O–H groups in total. The van der Waals surface area contributed by atoms with Crippen LogP contribution in [0, 0.1) is 35.4 Å². The lowest BCUT2D eigenvalue weighted by Gasteiger charge is -2.38. The van der Waals surface area contributed by atoms with Crippen molar-refractivity contribution in [1.82, 2.24) is 0 Å². The third-order valence-corrected chi connectivity index (χ3v) is 10.4. The van der Waals surface area contributed by atoms with Crippen LogP contribution in [0.5, 0.6) is 0 Å². The molecule has 3 fully saturated rings. The summed E-state index contributed by atoms with van der Waals surface area (Å²) in [4.78, 5) is 0. The molecule has 4 rings (SSSR count). The number of rotatable bonds is 10. The van der Waals surface area contributed by atoms with Gasteiger partial charge in [-0.1, -0.05) is 57.6 Å². The van der Waals surface area contributed by atoms with Crippen LogP contribution in [0.1, 0.15) is 133 Å². The molecule has 5 heteroatoms. The Morgan fingerprint density at radius 3 is 1.90 bits per heavy atom. The minimum atomic E-state index is -4.56. The zero-order chi connectivity index (χ0) is 27.8. The summed E-state index contributed by atoms with van der Waals surface area (Å²) in [6.45, 7) is 2.19. The van der Waals surface area contributed by atoms with Crippen LogP contribution in [-0.2, 0) is 6.42 Å². The number of halogens is 5. The molecule has 0 bridgehead atoms. The maximum absolute atomic E-state index is 14.9. The van der Waals surface area contributed by atoms with E-state index < -0.39 is 17.9 Å². The number of hydrogen-bond acceptors (Lipinski definition) is 0. The molecule has 0 radical (unpaired) electrons. The highest BCUT2D eigenvalue weighted by Crippen LogP contribution is 2.45. The molecule has 0 unspecified atom stereocenters. The first-order valence-electron chi connectivity index (χ1n) is 15.9. The first-order valence-corrected chi connectivity index (χ1v) is 15.9. The molecule has 3 aliphatic rings. The van der Waals surface area contributed by atoms with Gasteiger partial charge in [0.25, 0.3) is 0 Å². The zero-order valence-electron chi connectivity index (χ0n) is 23.9. The molecule has 0 aromatic heterocycles. The lowest BCUT2D eigenvalue weighted by molar-refractivity contribution is -0.0821. The van der Waals surface area contributed by atoms with Crippen molar-refractivity contribution in [2.75, 3.05) is 0 Å². The van der Waals surface area contributed by atoms with Gasteiger partial charge in [0, 0.05) is 5.92 Å². The second kappa shape index (κ2) is 14.5. The molecule has 3 saturated carbocycles. The molecule has 0 saturated heterocycles. The smallest absolute Gasteiger partial charge is 0.212 e. The van der Waals surface area contributed by atoms with E-state index in [9.17, 15) is 22.0 Å². The Labute approximate surface area is 233 Å². The SMILES string of the molecule is CCCCCc1ccc(C2CCC(CCC3CCC(C4CCC(/C(F)=C/C(F)(F)F)CC4)CC3)CC2)c(F)c1. The summed E-state index contributed by atoms with van der Waals surface area (Å²) in [5.74, 6) is 1.64. The number of allylic oxidation sites excluding steroid dienone is 2. The Bertz CT molecular complexity index is 895. The lowest BCUT2D eigenvalue weighted by atomic mass is 9.68. The van der Waals surface area contributed by atoms with Crippen LogP contribution < -0.4 is 0 Å². The van der Waals surface area contributed by atoms with Gasteiger partial charge in [0.2, 0.25) is 0 Å². The molecule has 0 nitrogen and oxygen atoms in total. The average Bonchev–Trinajstić information content (AvgIpc) is 2.92. The van der Waals surface area contributed by atoms with Crippen LogP contribution in [0.4, 0.5) is 22.0 Å². The van der Waals surface area contributed by atoms with E-state index in [1.165, 1.54) is 64.2 Å². The monoisotopic (exact) mass is 552 g/mol. The summed E-state index contributed by atoms with van der Waals surface area (Å²) < 4.78 is 66.2. The van der Waals surface area contributed by atoms with Gasteiger partial charge in [-0.2, -0.15) is 13.2 Å². The van der Waals surface area contributed by atoms with Gasteiger partial charge >= 0.3 is 6.18 Å². The van der Waals surface area contributed by atoms with Gasteiger partial charge in [0.05, 0.1) is 6.08 Å². The van der Waals surface area contributed by atoms with Crippen molar-refractivity contribution in [2.24, 2.45) is 29.6 Å². The van der Waals surface area contributed by atoms with E-state index in [0.29, 0.717) is 30.6 Å². The Morgan fingerprint density at radius 1 is 0.795 bits per heavy atom. The maximum Gasteiger partial charge on any atom is 0.412 e. The van der Waals surface area contributed by atoms with Crippen molar-refractivity contribution >= 4 is 0 Å². The number of hydrogen-bond donors (Lipinski definition) is 0. The van der Waals surface area contributed by atoms with Gasteiger partial charge in [0.15, 0.2) is 0 Å². The summed E-state index contributed by atoms with van der Waals surface area (Å²) >= 11 is 0. The number of alkyl halides is 3. The fourth-order valence-electron chi connectivity index (χ4n) is 7.96. The van der Waals surface area contributed by atoms with Crippen molar-refractivity contribution in [1.29, 1.82) is 0 Å². The van der Waals surface area contributed by atoms with E-state index in [-0.39, 0.29) is 11.9 Å². The molecular formula is C34H49F5. The van der Waals surface area contributed by atoms with Crippen LogP contribution in [0.15, 0.2) is 30.1 Å². The Balaban J connectivity index is 1.12. The van der Waals surface area contributed by atoms with Gasteiger partial charge in [-0.15, -0.1) is 0 Å². The summed E-state index contributed by atoms with van der Waals surface area (Å²) in [7, 11) is 0. The summed E-state index contributed by atoms with van der Waals surface area (Å²) in [6, 6.07) is 5.98. The average molecular weight is 553 g/mol. The minimum absolute atomic E-state index is 0.000557. The van der Waals surface area contributed by atoms with Gasteiger partial charge in [0.1, 0.15) is 11.6 Å². The topological polar surface area (TPSA) is 0 Å². The highest BCUT2D eigenvalue weighted by atomic mass is 19.4. The number of aryl methyl sites for hydroxylation is 1. The van der Waals surface area contributed by atoms with Gasteiger partial charge in [-0.3, -0.25) is 0 Å².